The number of hydrogen-bond donors (Lipinski definition) is 2. The average molecular weight is 353 g/mol. The van der Waals surface area contributed by atoms with Crippen LogP contribution in [0.15, 0.2) is 12.1 Å². The van der Waals surface area contributed by atoms with E-state index in [1.54, 1.807) is 12.1 Å². The first-order chi connectivity index (χ1) is 12.2. The van der Waals surface area contributed by atoms with E-state index in [0.29, 0.717) is 22.9 Å². The van der Waals surface area contributed by atoms with E-state index in [9.17, 15) is 4.79 Å². The summed E-state index contributed by atoms with van der Waals surface area (Å²) in [5, 5.41) is 5.98. The summed E-state index contributed by atoms with van der Waals surface area (Å²) in [7, 11) is 4.61. The molecule has 8 nitrogen and oxygen atoms in total. The number of rotatable bonds is 9. The van der Waals surface area contributed by atoms with E-state index in [-0.39, 0.29) is 12.5 Å². The molecule has 0 bridgehead atoms. The first-order valence-electron chi connectivity index (χ1n) is 8.28. The highest BCUT2D eigenvalue weighted by atomic mass is 16.5. The zero-order chi connectivity index (χ0) is 18.1. The van der Waals surface area contributed by atoms with Gasteiger partial charge in [0.25, 0.3) is 0 Å². The molecule has 1 saturated heterocycles. The molecule has 0 spiro atoms. The monoisotopic (exact) mass is 353 g/mol. The minimum absolute atomic E-state index is 0.128. The largest absolute Gasteiger partial charge is 0.493 e. The standard InChI is InChI=1S/C17H27N3O5/c1-22-14-10-13(11-15(23-2)17(14)24-3)19-16(21)12-18-4-5-20-6-8-25-9-7-20/h10-11,18H,4-9,12H2,1-3H3,(H,19,21). The van der Waals surface area contributed by atoms with Crippen LogP contribution in [0, 0.1) is 0 Å². The second kappa shape index (κ2) is 10.1. The Morgan fingerprint density at radius 1 is 1.12 bits per heavy atom. The molecule has 25 heavy (non-hydrogen) atoms. The predicted octanol–water partition coefficient (Wildman–Crippen LogP) is 0.573. The number of amides is 1. The number of carbonyl (C=O) groups excluding carboxylic acids is 1. The van der Waals surface area contributed by atoms with Crippen LogP contribution >= 0.6 is 0 Å². The molecular formula is C17H27N3O5. The smallest absolute Gasteiger partial charge is 0.238 e. The lowest BCUT2D eigenvalue weighted by molar-refractivity contribution is -0.115. The van der Waals surface area contributed by atoms with Crippen LogP contribution in [0.3, 0.4) is 0 Å². The van der Waals surface area contributed by atoms with E-state index in [1.807, 2.05) is 0 Å². The molecule has 0 radical (unpaired) electrons. The third-order valence-electron chi connectivity index (χ3n) is 3.94. The Hall–Kier alpha value is -2.03. The summed E-state index contributed by atoms with van der Waals surface area (Å²) in [6.45, 7) is 5.34. The fourth-order valence-corrected chi connectivity index (χ4v) is 2.62. The van der Waals surface area contributed by atoms with Gasteiger partial charge in [-0.2, -0.15) is 0 Å². The first-order valence-corrected chi connectivity index (χ1v) is 8.28. The average Bonchev–Trinajstić information content (AvgIpc) is 2.65. The lowest BCUT2D eigenvalue weighted by Crippen LogP contribution is -2.41. The number of carbonyl (C=O) groups is 1. The topological polar surface area (TPSA) is 81.3 Å². The van der Waals surface area contributed by atoms with E-state index in [2.05, 4.69) is 15.5 Å². The molecule has 0 unspecified atom stereocenters. The molecule has 1 aromatic carbocycles. The molecule has 1 fully saturated rings. The number of ether oxygens (including phenoxy) is 4. The van der Waals surface area contributed by atoms with Gasteiger partial charge in [-0.15, -0.1) is 0 Å². The summed E-state index contributed by atoms with van der Waals surface area (Å²) < 4.78 is 21.1. The van der Waals surface area contributed by atoms with Gasteiger partial charge in [0.05, 0.1) is 41.1 Å². The molecule has 1 aliphatic rings. The van der Waals surface area contributed by atoms with Crippen molar-refractivity contribution in [2.75, 3.05) is 72.6 Å². The SMILES string of the molecule is COc1cc(NC(=O)CNCCN2CCOCC2)cc(OC)c1OC. The number of anilines is 1. The van der Waals surface area contributed by atoms with Crippen LogP contribution in [-0.4, -0.2) is 78.1 Å². The molecule has 1 heterocycles. The number of hydrogen-bond acceptors (Lipinski definition) is 7. The summed E-state index contributed by atoms with van der Waals surface area (Å²) in [4.78, 5) is 14.4. The second-order valence-corrected chi connectivity index (χ2v) is 5.59. The number of benzene rings is 1. The molecule has 0 aliphatic carbocycles. The summed E-state index contributed by atoms with van der Waals surface area (Å²) >= 11 is 0. The van der Waals surface area contributed by atoms with Gasteiger partial charge in [-0.3, -0.25) is 9.69 Å². The van der Waals surface area contributed by atoms with Crippen LogP contribution in [0.1, 0.15) is 0 Å². The summed E-state index contributed by atoms with van der Waals surface area (Å²) in [6, 6.07) is 3.40. The minimum atomic E-state index is -0.128. The Balaban J connectivity index is 1.81. The molecule has 1 aromatic rings. The first kappa shape index (κ1) is 19.3. The Labute approximate surface area is 148 Å². The van der Waals surface area contributed by atoms with E-state index in [0.717, 1.165) is 39.4 Å². The normalized spacial score (nSPS) is 14.8. The predicted molar refractivity (Wildman–Crippen MR) is 94.9 cm³/mol. The third-order valence-corrected chi connectivity index (χ3v) is 3.94. The number of morpholine rings is 1. The van der Waals surface area contributed by atoms with E-state index in [4.69, 9.17) is 18.9 Å². The van der Waals surface area contributed by atoms with Crippen molar-refractivity contribution in [3.63, 3.8) is 0 Å². The number of nitrogens with zero attached hydrogens (tertiary/aromatic N) is 1. The van der Waals surface area contributed by atoms with Crippen LogP contribution < -0.4 is 24.8 Å². The Bertz CT molecular complexity index is 536. The highest BCUT2D eigenvalue weighted by molar-refractivity contribution is 5.93. The van der Waals surface area contributed by atoms with Gasteiger partial charge in [-0.1, -0.05) is 0 Å². The summed E-state index contributed by atoms with van der Waals surface area (Å²) in [6.07, 6.45) is 0. The fourth-order valence-electron chi connectivity index (χ4n) is 2.62. The third kappa shape index (κ3) is 5.77. The van der Waals surface area contributed by atoms with Crippen molar-refractivity contribution in [1.82, 2.24) is 10.2 Å². The molecule has 1 aliphatic heterocycles. The zero-order valence-electron chi connectivity index (χ0n) is 15.1. The van der Waals surface area contributed by atoms with Gasteiger partial charge in [0.15, 0.2) is 11.5 Å². The highest BCUT2D eigenvalue weighted by Crippen LogP contribution is 2.39. The van der Waals surface area contributed by atoms with Crippen molar-refractivity contribution in [2.24, 2.45) is 0 Å². The van der Waals surface area contributed by atoms with Crippen molar-refractivity contribution in [3.05, 3.63) is 12.1 Å². The lowest BCUT2D eigenvalue weighted by atomic mass is 10.2. The van der Waals surface area contributed by atoms with Gasteiger partial charge in [0.2, 0.25) is 11.7 Å². The molecule has 0 atom stereocenters. The molecule has 2 N–H and O–H groups in total. The van der Waals surface area contributed by atoms with Crippen molar-refractivity contribution in [1.29, 1.82) is 0 Å². The fraction of sp³-hybridized carbons (Fsp3) is 0.588. The van der Waals surface area contributed by atoms with Crippen LogP contribution in [0.5, 0.6) is 17.2 Å². The molecule has 0 aromatic heterocycles. The zero-order valence-corrected chi connectivity index (χ0v) is 15.1. The van der Waals surface area contributed by atoms with Crippen molar-refractivity contribution >= 4 is 11.6 Å². The Morgan fingerprint density at radius 3 is 2.32 bits per heavy atom. The van der Waals surface area contributed by atoms with Gasteiger partial charge in [-0.25, -0.2) is 0 Å². The summed E-state index contributed by atoms with van der Waals surface area (Å²) in [5.41, 5.74) is 0.592. The minimum Gasteiger partial charge on any atom is -0.493 e. The van der Waals surface area contributed by atoms with Crippen LogP contribution in [0.25, 0.3) is 0 Å². The van der Waals surface area contributed by atoms with Gasteiger partial charge in [0, 0.05) is 44.0 Å². The molecule has 1 amide bonds. The molecule has 0 saturated carbocycles. The van der Waals surface area contributed by atoms with Crippen LogP contribution in [0.2, 0.25) is 0 Å². The Kier molecular flexibility index (Phi) is 7.77. The van der Waals surface area contributed by atoms with Gasteiger partial charge < -0.3 is 29.6 Å². The van der Waals surface area contributed by atoms with Crippen LogP contribution in [-0.2, 0) is 9.53 Å². The molecule has 8 heteroatoms. The molecule has 2 rings (SSSR count). The second-order valence-electron chi connectivity index (χ2n) is 5.59. The molecule has 140 valence electrons. The lowest BCUT2D eigenvalue weighted by Gasteiger charge is -2.26. The van der Waals surface area contributed by atoms with Crippen LogP contribution in [0.4, 0.5) is 5.69 Å². The van der Waals surface area contributed by atoms with Crippen molar-refractivity contribution in [2.45, 2.75) is 0 Å². The quantitative estimate of drug-likeness (QED) is 0.628. The van der Waals surface area contributed by atoms with Gasteiger partial charge in [0.1, 0.15) is 0 Å². The maximum Gasteiger partial charge on any atom is 0.238 e. The van der Waals surface area contributed by atoms with E-state index in [1.165, 1.54) is 21.3 Å². The number of nitrogens with one attached hydrogen (secondary N) is 2. The molecular weight excluding hydrogens is 326 g/mol. The number of methoxy groups -OCH3 is 3. The van der Waals surface area contributed by atoms with Crippen molar-refractivity contribution in [3.8, 4) is 17.2 Å². The van der Waals surface area contributed by atoms with Gasteiger partial charge in [-0.05, 0) is 0 Å². The van der Waals surface area contributed by atoms with Gasteiger partial charge >= 0.3 is 0 Å². The summed E-state index contributed by atoms with van der Waals surface area (Å²) in [5.74, 6) is 1.36. The maximum absolute atomic E-state index is 12.1. The van der Waals surface area contributed by atoms with E-state index < -0.39 is 0 Å². The highest BCUT2D eigenvalue weighted by Gasteiger charge is 2.14. The van der Waals surface area contributed by atoms with Crippen molar-refractivity contribution < 1.29 is 23.7 Å². The van der Waals surface area contributed by atoms with E-state index >= 15 is 0 Å². The Morgan fingerprint density at radius 2 is 1.76 bits per heavy atom. The maximum atomic E-state index is 12.1.